The maximum atomic E-state index is 12.9. The van der Waals surface area contributed by atoms with Crippen LogP contribution in [0.2, 0.25) is 5.02 Å². The van der Waals surface area contributed by atoms with Gasteiger partial charge in [0.15, 0.2) is 0 Å². The summed E-state index contributed by atoms with van der Waals surface area (Å²) in [5.41, 5.74) is 2.28. The SMILES string of the molecule is O=C(NCC(c1ccc(Cl)cc1)N1CCOCC1)N(CCO)CCc1ccccc1. The Morgan fingerprint density at radius 1 is 1.10 bits per heavy atom. The van der Waals surface area contributed by atoms with Gasteiger partial charge in [0.05, 0.1) is 25.9 Å². The Labute approximate surface area is 183 Å². The molecule has 0 bridgehead atoms. The maximum Gasteiger partial charge on any atom is 0.317 e. The highest BCUT2D eigenvalue weighted by atomic mass is 35.5. The Hall–Kier alpha value is -2.12. The van der Waals surface area contributed by atoms with Gasteiger partial charge in [0.1, 0.15) is 0 Å². The summed E-state index contributed by atoms with van der Waals surface area (Å²) in [5.74, 6) is 0. The molecule has 3 rings (SSSR count). The number of aliphatic hydroxyl groups is 1. The van der Waals surface area contributed by atoms with E-state index in [1.807, 2.05) is 54.6 Å². The Morgan fingerprint density at radius 3 is 2.47 bits per heavy atom. The molecule has 1 atom stereocenters. The van der Waals surface area contributed by atoms with Crippen molar-refractivity contribution in [2.75, 3.05) is 52.5 Å². The number of nitrogens with one attached hydrogen (secondary N) is 1. The Balaban J connectivity index is 1.62. The number of amides is 2. The average molecular weight is 432 g/mol. The molecule has 0 radical (unpaired) electrons. The van der Waals surface area contributed by atoms with Crippen LogP contribution in [0.25, 0.3) is 0 Å². The van der Waals surface area contributed by atoms with Gasteiger partial charge in [-0.2, -0.15) is 0 Å². The van der Waals surface area contributed by atoms with E-state index in [1.54, 1.807) is 4.90 Å². The number of aliphatic hydroxyl groups excluding tert-OH is 1. The summed E-state index contributed by atoms with van der Waals surface area (Å²) in [7, 11) is 0. The van der Waals surface area contributed by atoms with Crippen LogP contribution < -0.4 is 5.32 Å². The maximum absolute atomic E-state index is 12.9. The first-order chi connectivity index (χ1) is 14.7. The largest absolute Gasteiger partial charge is 0.395 e. The summed E-state index contributed by atoms with van der Waals surface area (Å²) in [6, 6.07) is 17.7. The van der Waals surface area contributed by atoms with E-state index in [1.165, 1.54) is 5.56 Å². The molecular weight excluding hydrogens is 402 g/mol. The zero-order valence-electron chi connectivity index (χ0n) is 17.2. The highest BCUT2D eigenvalue weighted by Gasteiger charge is 2.24. The summed E-state index contributed by atoms with van der Waals surface area (Å²) in [5, 5.41) is 13.2. The fourth-order valence-electron chi connectivity index (χ4n) is 3.67. The van der Waals surface area contributed by atoms with Crippen molar-refractivity contribution >= 4 is 17.6 Å². The fourth-order valence-corrected chi connectivity index (χ4v) is 3.80. The number of ether oxygens (including phenoxy) is 1. The number of morpholine rings is 1. The highest BCUT2D eigenvalue weighted by Crippen LogP contribution is 2.23. The predicted molar refractivity (Wildman–Crippen MR) is 119 cm³/mol. The second kappa shape index (κ2) is 11.9. The minimum absolute atomic E-state index is 0.0419. The van der Waals surface area contributed by atoms with Gasteiger partial charge in [0.25, 0.3) is 0 Å². The third-order valence-corrected chi connectivity index (χ3v) is 5.61. The van der Waals surface area contributed by atoms with Gasteiger partial charge >= 0.3 is 6.03 Å². The zero-order chi connectivity index (χ0) is 21.2. The van der Waals surface area contributed by atoms with Crippen LogP contribution in [0.5, 0.6) is 0 Å². The zero-order valence-corrected chi connectivity index (χ0v) is 17.9. The molecule has 0 saturated carbocycles. The molecule has 162 valence electrons. The molecule has 1 unspecified atom stereocenters. The van der Waals surface area contributed by atoms with Crippen molar-refractivity contribution in [2.24, 2.45) is 0 Å². The van der Waals surface area contributed by atoms with Crippen molar-refractivity contribution in [1.29, 1.82) is 0 Å². The minimum Gasteiger partial charge on any atom is -0.395 e. The Morgan fingerprint density at radius 2 is 1.80 bits per heavy atom. The lowest BCUT2D eigenvalue weighted by Crippen LogP contribution is -2.47. The molecular formula is C23H30ClN3O3. The second-order valence-electron chi connectivity index (χ2n) is 7.35. The molecule has 0 aliphatic carbocycles. The van der Waals surface area contributed by atoms with Gasteiger partial charge in [-0.05, 0) is 29.7 Å². The first-order valence-electron chi connectivity index (χ1n) is 10.4. The van der Waals surface area contributed by atoms with Crippen molar-refractivity contribution in [3.05, 3.63) is 70.7 Å². The van der Waals surface area contributed by atoms with Crippen molar-refractivity contribution in [3.8, 4) is 0 Å². The number of benzene rings is 2. The van der Waals surface area contributed by atoms with E-state index < -0.39 is 0 Å². The fraction of sp³-hybridized carbons (Fsp3) is 0.435. The van der Waals surface area contributed by atoms with E-state index in [9.17, 15) is 9.90 Å². The third kappa shape index (κ3) is 6.71. The molecule has 2 amide bonds. The topological polar surface area (TPSA) is 65.0 Å². The summed E-state index contributed by atoms with van der Waals surface area (Å²) >= 11 is 6.06. The molecule has 1 aliphatic rings. The van der Waals surface area contributed by atoms with Crippen LogP contribution in [0.15, 0.2) is 54.6 Å². The number of urea groups is 1. The number of nitrogens with zero attached hydrogens (tertiary/aromatic N) is 2. The molecule has 2 N–H and O–H groups in total. The van der Waals surface area contributed by atoms with Gasteiger partial charge < -0.3 is 20.1 Å². The number of carbonyl (C=O) groups excluding carboxylic acids is 1. The van der Waals surface area contributed by atoms with Crippen LogP contribution in [0, 0.1) is 0 Å². The number of carbonyl (C=O) groups is 1. The number of rotatable bonds is 9. The van der Waals surface area contributed by atoms with Crippen molar-refractivity contribution in [3.63, 3.8) is 0 Å². The van der Waals surface area contributed by atoms with Gasteiger partial charge in [0.2, 0.25) is 0 Å². The molecule has 0 spiro atoms. The molecule has 0 aromatic heterocycles. The Bertz CT molecular complexity index is 767. The van der Waals surface area contributed by atoms with Crippen LogP contribution in [0.4, 0.5) is 4.79 Å². The molecule has 2 aromatic carbocycles. The number of hydrogen-bond acceptors (Lipinski definition) is 4. The van der Waals surface area contributed by atoms with E-state index in [0.29, 0.717) is 37.9 Å². The molecule has 1 saturated heterocycles. The number of hydrogen-bond donors (Lipinski definition) is 2. The van der Waals surface area contributed by atoms with Crippen LogP contribution >= 0.6 is 11.6 Å². The van der Waals surface area contributed by atoms with Gasteiger partial charge in [-0.1, -0.05) is 54.1 Å². The first kappa shape index (κ1) is 22.6. The molecule has 1 fully saturated rings. The summed E-state index contributed by atoms with van der Waals surface area (Å²) < 4.78 is 5.49. The van der Waals surface area contributed by atoms with Gasteiger partial charge in [-0.3, -0.25) is 4.90 Å². The Kier molecular flexibility index (Phi) is 8.96. The predicted octanol–water partition coefficient (Wildman–Crippen LogP) is 2.96. The minimum atomic E-state index is -0.160. The smallest absolute Gasteiger partial charge is 0.317 e. The van der Waals surface area contributed by atoms with Gasteiger partial charge in [-0.25, -0.2) is 4.79 Å². The molecule has 1 heterocycles. The normalized spacial score (nSPS) is 15.5. The highest BCUT2D eigenvalue weighted by molar-refractivity contribution is 6.30. The van der Waals surface area contributed by atoms with Crippen LogP contribution in [0.3, 0.4) is 0 Å². The molecule has 7 heteroatoms. The lowest BCUT2D eigenvalue weighted by atomic mass is 10.0. The van der Waals surface area contributed by atoms with Crippen LogP contribution in [-0.4, -0.2) is 73.5 Å². The second-order valence-corrected chi connectivity index (χ2v) is 7.78. The summed E-state index contributed by atoms with van der Waals surface area (Å²) in [4.78, 5) is 16.9. The van der Waals surface area contributed by atoms with E-state index in [4.69, 9.17) is 16.3 Å². The lowest BCUT2D eigenvalue weighted by Gasteiger charge is -2.35. The monoisotopic (exact) mass is 431 g/mol. The van der Waals surface area contributed by atoms with E-state index in [-0.39, 0.29) is 18.7 Å². The molecule has 6 nitrogen and oxygen atoms in total. The van der Waals surface area contributed by atoms with E-state index in [0.717, 1.165) is 25.1 Å². The quantitative estimate of drug-likeness (QED) is 0.640. The lowest BCUT2D eigenvalue weighted by molar-refractivity contribution is 0.0164. The number of halogens is 1. The van der Waals surface area contributed by atoms with Crippen molar-refractivity contribution in [1.82, 2.24) is 15.1 Å². The summed E-state index contributed by atoms with van der Waals surface area (Å²) in [6.45, 7) is 4.29. The molecule has 1 aliphatic heterocycles. The standard InChI is InChI=1S/C23H30ClN3O3/c24-21-8-6-20(7-9-21)22(26-13-16-30-17-14-26)18-25-23(29)27(12-15-28)11-10-19-4-2-1-3-5-19/h1-9,22,28H,10-18H2,(H,25,29). The first-order valence-corrected chi connectivity index (χ1v) is 10.8. The molecule has 30 heavy (non-hydrogen) atoms. The van der Waals surface area contributed by atoms with Crippen molar-refractivity contribution in [2.45, 2.75) is 12.5 Å². The third-order valence-electron chi connectivity index (χ3n) is 5.36. The molecule has 2 aromatic rings. The van der Waals surface area contributed by atoms with Gasteiger partial charge in [-0.15, -0.1) is 0 Å². The van der Waals surface area contributed by atoms with Gasteiger partial charge in [0, 0.05) is 37.7 Å². The summed E-state index contributed by atoms with van der Waals surface area (Å²) in [6.07, 6.45) is 0.748. The van der Waals surface area contributed by atoms with Crippen LogP contribution in [-0.2, 0) is 11.2 Å². The van der Waals surface area contributed by atoms with Crippen LogP contribution in [0.1, 0.15) is 17.2 Å². The van der Waals surface area contributed by atoms with E-state index >= 15 is 0 Å². The average Bonchev–Trinajstić information content (AvgIpc) is 2.79. The van der Waals surface area contributed by atoms with E-state index in [2.05, 4.69) is 10.2 Å². The van der Waals surface area contributed by atoms with Crippen molar-refractivity contribution < 1.29 is 14.6 Å².